The van der Waals surface area contributed by atoms with E-state index in [2.05, 4.69) is 15.5 Å². The summed E-state index contributed by atoms with van der Waals surface area (Å²) in [7, 11) is 0. The SMILES string of the molecule is Cc1noc2nc(C3CC3)cc(C(=O)N3CCNCC3c3ccccc3Cl)c12. The smallest absolute Gasteiger partial charge is 0.259 e. The predicted octanol–water partition coefficient (Wildman–Crippen LogP) is 3.85. The van der Waals surface area contributed by atoms with Gasteiger partial charge in [0.05, 0.1) is 22.7 Å². The van der Waals surface area contributed by atoms with E-state index in [-0.39, 0.29) is 11.9 Å². The molecule has 2 aromatic heterocycles. The Hall–Kier alpha value is -2.44. The summed E-state index contributed by atoms with van der Waals surface area (Å²) < 4.78 is 5.41. The van der Waals surface area contributed by atoms with E-state index in [9.17, 15) is 4.79 Å². The first-order valence-electron chi connectivity index (χ1n) is 9.66. The molecule has 1 aromatic carbocycles. The summed E-state index contributed by atoms with van der Waals surface area (Å²) in [4.78, 5) is 20.2. The summed E-state index contributed by atoms with van der Waals surface area (Å²) in [5.41, 5.74) is 3.66. The molecule has 6 nitrogen and oxygen atoms in total. The van der Waals surface area contributed by atoms with Crippen molar-refractivity contribution in [1.82, 2.24) is 20.4 Å². The number of nitrogens with zero attached hydrogens (tertiary/aromatic N) is 3. The van der Waals surface area contributed by atoms with Gasteiger partial charge in [-0.05, 0) is 37.5 Å². The van der Waals surface area contributed by atoms with Crippen LogP contribution in [0.5, 0.6) is 0 Å². The summed E-state index contributed by atoms with van der Waals surface area (Å²) in [6, 6.07) is 9.54. The number of hydrogen-bond acceptors (Lipinski definition) is 5. The fourth-order valence-corrected chi connectivity index (χ4v) is 4.26. The summed E-state index contributed by atoms with van der Waals surface area (Å²) in [5.74, 6) is 0.399. The lowest BCUT2D eigenvalue weighted by molar-refractivity contribution is 0.0636. The molecular formula is C21H21ClN4O2. The molecule has 144 valence electrons. The Kier molecular flexibility index (Phi) is 4.33. The molecule has 2 aliphatic rings. The number of hydrogen-bond donors (Lipinski definition) is 1. The highest BCUT2D eigenvalue weighted by atomic mass is 35.5. The van der Waals surface area contributed by atoms with Crippen LogP contribution < -0.4 is 5.32 Å². The van der Waals surface area contributed by atoms with Crippen LogP contribution in [0.3, 0.4) is 0 Å². The van der Waals surface area contributed by atoms with E-state index in [1.165, 1.54) is 0 Å². The van der Waals surface area contributed by atoms with Gasteiger partial charge in [0.25, 0.3) is 11.6 Å². The van der Waals surface area contributed by atoms with Crippen molar-refractivity contribution in [2.24, 2.45) is 0 Å². The average Bonchev–Trinajstić information content (AvgIpc) is 3.51. The third-order valence-corrected chi connectivity index (χ3v) is 5.98. The lowest BCUT2D eigenvalue weighted by atomic mass is 10.0. The number of halogens is 1. The molecule has 1 saturated carbocycles. The zero-order valence-corrected chi connectivity index (χ0v) is 16.4. The summed E-state index contributed by atoms with van der Waals surface area (Å²) >= 11 is 6.45. The van der Waals surface area contributed by atoms with Crippen LogP contribution in [0.15, 0.2) is 34.9 Å². The molecule has 1 amide bonds. The van der Waals surface area contributed by atoms with Gasteiger partial charge in [0, 0.05) is 36.3 Å². The highest BCUT2D eigenvalue weighted by molar-refractivity contribution is 6.31. The van der Waals surface area contributed by atoms with Gasteiger partial charge in [-0.1, -0.05) is 35.0 Å². The number of pyridine rings is 1. The number of carbonyl (C=O) groups excluding carboxylic acids is 1. The van der Waals surface area contributed by atoms with Crippen LogP contribution in [0.25, 0.3) is 11.1 Å². The second kappa shape index (κ2) is 6.87. The lowest BCUT2D eigenvalue weighted by Gasteiger charge is -2.37. The first-order valence-corrected chi connectivity index (χ1v) is 10.0. The van der Waals surface area contributed by atoms with Crippen molar-refractivity contribution in [2.45, 2.75) is 31.7 Å². The van der Waals surface area contributed by atoms with Crippen molar-refractivity contribution in [3.05, 3.63) is 57.9 Å². The van der Waals surface area contributed by atoms with Gasteiger partial charge in [-0.25, -0.2) is 4.98 Å². The van der Waals surface area contributed by atoms with E-state index in [1.54, 1.807) is 0 Å². The number of piperazine rings is 1. The number of nitrogens with one attached hydrogen (secondary N) is 1. The van der Waals surface area contributed by atoms with Crippen LogP contribution >= 0.6 is 11.6 Å². The molecule has 28 heavy (non-hydrogen) atoms. The Morgan fingerprint density at radius 3 is 2.93 bits per heavy atom. The summed E-state index contributed by atoms with van der Waals surface area (Å²) in [6.45, 7) is 3.88. The molecule has 1 aliphatic heterocycles. The molecular weight excluding hydrogens is 376 g/mol. The van der Waals surface area contributed by atoms with Gasteiger partial charge < -0.3 is 14.7 Å². The normalized spacial score (nSPS) is 19.9. The average molecular weight is 397 g/mol. The van der Waals surface area contributed by atoms with E-state index < -0.39 is 0 Å². The van der Waals surface area contributed by atoms with Crippen molar-refractivity contribution in [1.29, 1.82) is 0 Å². The molecule has 7 heteroatoms. The molecule has 3 aromatic rings. The number of aryl methyl sites for hydroxylation is 1. The van der Waals surface area contributed by atoms with Crippen LogP contribution in [0.1, 0.15) is 52.1 Å². The third kappa shape index (κ3) is 2.97. The first kappa shape index (κ1) is 17.6. The molecule has 1 N–H and O–H groups in total. The minimum absolute atomic E-state index is 0.0213. The number of fused-ring (bicyclic) bond motifs is 1. The maximum absolute atomic E-state index is 13.7. The van der Waals surface area contributed by atoms with E-state index in [0.29, 0.717) is 46.4 Å². The summed E-state index contributed by atoms with van der Waals surface area (Å²) in [6.07, 6.45) is 2.21. The van der Waals surface area contributed by atoms with Gasteiger partial charge in [-0.2, -0.15) is 0 Å². The van der Waals surface area contributed by atoms with Crippen LogP contribution in [-0.4, -0.2) is 40.6 Å². The highest BCUT2D eigenvalue weighted by Crippen LogP contribution is 2.41. The second-order valence-electron chi connectivity index (χ2n) is 7.56. The maximum atomic E-state index is 13.7. The van der Waals surface area contributed by atoms with Gasteiger partial charge in [-0.3, -0.25) is 4.79 Å². The van der Waals surface area contributed by atoms with E-state index >= 15 is 0 Å². The zero-order valence-electron chi connectivity index (χ0n) is 15.6. The Bertz CT molecular complexity index is 1060. The molecule has 0 bridgehead atoms. The molecule has 3 heterocycles. The van der Waals surface area contributed by atoms with Crippen molar-refractivity contribution in [3.63, 3.8) is 0 Å². The first-order chi connectivity index (χ1) is 13.6. The van der Waals surface area contributed by atoms with Gasteiger partial charge >= 0.3 is 0 Å². The van der Waals surface area contributed by atoms with E-state index in [4.69, 9.17) is 16.1 Å². The Morgan fingerprint density at radius 2 is 2.14 bits per heavy atom. The van der Waals surface area contributed by atoms with Crippen LogP contribution in [-0.2, 0) is 0 Å². The van der Waals surface area contributed by atoms with Crippen molar-refractivity contribution < 1.29 is 9.32 Å². The van der Waals surface area contributed by atoms with Gasteiger partial charge in [0.1, 0.15) is 0 Å². The van der Waals surface area contributed by atoms with E-state index in [1.807, 2.05) is 42.2 Å². The summed E-state index contributed by atoms with van der Waals surface area (Å²) in [5, 5.41) is 8.83. The minimum Gasteiger partial charge on any atom is -0.336 e. The van der Waals surface area contributed by atoms with Crippen LogP contribution in [0, 0.1) is 6.92 Å². The molecule has 0 spiro atoms. The fourth-order valence-electron chi connectivity index (χ4n) is 4.00. The molecule has 1 aliphatic carbocycles. The van der Waals surface area contributed by atoms with Crippen molar-refractivity contribution in [3.8, 4) is 0 Å². The van der Waals surface area contributed by atoms with Gasteiger partial charge in [0.15, 0.2) is 0 Å². The second-order valence-corrected chi connectivity index (χ2v) is 7.96. The number of carbonyl (C=O) groups is 1. The quantitative estimate of drug-likeness (QED) is 0.728. The topological polar surface area (TPSA) is 71.3 Å². The predicted molar refractivity (Wildman–Crippen MR) is 107 cm³/mol. The largest absolute Gasteiger partial charge is 0.336 e. The van der Waals surface area contributed by atoms with Crippen LogP contribution in [0.2, 0.25) is 5.02 Å². The highest BCUT2D eigenvalue weighted by Gasteiger charge is 2.34. The number of benzene rings is 1. The number of rotatable bonds is 3. The Balaban J connectivity index is 1.60. The monoisotopic (exact) mass is 396 g/mol. The maximum Gasteiger partial charge on any atom is 0.259 e. The Labute approximate surface area is 167 Å². The molecule has 0 radical (unpaired) electrons. The molecule has 1 atom stereocenters. The lowest BCUT2D eigenvalue weighted by Crippen LogP contribution is -2.48. The number of amides is 1. The third-order valence-electron chi connectivity index (χ3n) is 5.63. The van der Waals surface area contributed by atoms with Crippen LogP contribution in [0.4, 0.5) is 0 Å². The fraction of sp³-hybridized carbons (Fsp3) is 0.381. The minimum atomic E-state index is -0.122. The van der Waals surface area contributed by atoms with Crippen molar-refractivity contribution >= 4 is 28.6 Å². The molecule has 2 fully saturated rings. The van der Waals surface area contributed by atoms with Gasteiger partial charge in [0.2, 0.25) is 0 Å². The zero-order chi connectivity index (χ0) is 19.3. The molecule has 1 saturated heterocycles. The number of aromatic nitrogens is 2. The molecule has 1 unspecified atom stereocenters. The van der Waals surface area contributed by atoms with E-state index in [0.717, 1.165) is 30.6 Å². The van der Waals surface area contributed by atoms with Crippen molar-refractivity contribution in [2.75, 3.05) is 19.6 Å². The standard InChI is InChI=1S/C21H21ClN4O2/c1-12-19-15(10-17(13-6-7-13)24-20(19)28-25-12)21(27)26-9-8-23-11-18(26)14-4-2-3-5-16(14)22/h2-5,10,13,18,23H,6-9,11H2,1H3. The Morgan fingerprint density at radius 1 is 1.32 bits per heavy atom. The molecule has 5 rings (SSSR count). The van der Waals surface area contributed by atoms with Gasteiger partial charge in [-0.15, -0.1) is 0 Å².